The minimum Gasteiger partial charge on any atom is -0.350 e. The van der Waals surface area contributed by atoms with Crippen LogP contribution >= 0.6 is 0 Å². The van der Waals surface area contributed by atoms with Crippen LogP contribution in [0, 0.1) is 6.92 Å². The maximum Gasteiger partial charge on any atom is 0.223 e. The van der Waals surface area contributed by atoms with E-state index in [9.17, 15) is 4.79 Å². The van der Waals surface area contributed by atoms with E-state index in [1.165, 1.54) is 12.5 Å². The molecule has 126 valence electrons. The Kier molecular flexibility index (Phi) is 5.05. The van der Waals surface area contributed by atoms with Gasteiger partial charge < -0.3 is 10.6 Å². The van der Waals surface area contributed by atoms with Crippen LogP contribution in [0.2, 0.25) is 0 Å². The molecule has 6 nitrogen and oxygen atoms in total. The number of anilines is 2. The number of amides is 1. The van der Waals surface area contributed by atoms with Gasteiger partial charge in [0.05, 0.1) is 0 Å². The SMILES string of the molecule is CC(=O)Nc1ccc(CN2CCC(Nc3nccc(C)n3)C2)cc1. The number of carbonyl (C=O) groups is 1. The number of carbonyl (C=O) groups excluding carboxylic acids is 1. The molecule has 1 aromatic heterocycles. The molecule has 2 heterocycles. The third-order valence-electron chi connectivity index (χ3n) is 4.08. The molecule has 0 bridgehead atoms. The summed E-state index contributed by atoms with van der Waals surface area (Å²) in [6, 6.07) is 10.3. The fourth-order valence-electron chi connectivity index (χ4n) is 2.95. The van der Waals surface area contributed by atoms with Gasteiger partial charge in [0, 0.05) is 50.2 Å². The minimum absolute atomic E-state index is 0.0467. The van der Waals surface area contributed by atoms with Crippen LogP contribution in [-0.2, 0) is 11.3 Å². The lowest BCUT2D eigenvalue weighted by Crippen LogP contribution is -2.26. The first-order chi connectivity index (χ1) is 11.6. The van der Waals surface area contributed by atoms with Crippen LogP contribution in [-0.4, -0.2) is 39.9 Å². The highest BCUT2D eigenvalue weighted by Crippen LogP contribution is 2.17. The van der Waals surface area contributed by atoms with E-state index in [2.05, 4.69) is 37.6 Å². The van der Waals surface area contributed by atoms with Crippen LogP contribution in [0.1, 0.15) is 24.6 Å². The average Bonchev–Trinajstić information content (AvgIpc) is 2.96. The zero-order valence-electron chi connectivity index (χ0n) is 14.1. The average molecular weight is 325 g/mol. The first-order valence-corrected chi connectivity index (χ1v) is 8.23. The van der Waals surface area contributed by atoms with Gasteiger partial charge in [0.15, 0.2) is 0 Å². The van der Waals surface area contributed by atoms with Gasteiger partial charge in [-0.2, -0.15) is 0 Å². The molecule has 0 aliphatic carbocycles. The molecule has 1 aromatic carbocycles. The van der Waals surface area contributed by atoms with Crippen molar-refractivity contribution in [1.29, 1.82) is 0 Å². The molecule has 3 rings (SSSR count). The van der Waals surface area contributed by atoms with Gasteiger partial charge in [-0.25, -0.2) is 9.97 Å². The molecule has 0 saturated carbocycles. The summed E-state index contributed by atoms with van der Waals surface area (Å²) in [5.74, 6) is 0.663. The highest BCUT2D eigenvalue weighted by molar-refractivity contribution is 5.88. The number of rotatable bonds is 5. The monoisotopic (exact) mass is 325 g/mol. The number of hydrogen-bond donors (Lipinski definition) is 2. The Hall–Kier alpha value is -2.47. The zero-order valence-corrected chi connectivity index (χ0v) is 14.1. The van der Waals surface area contributed by atoms with Crippen molar-refractivity contribution in [2.45, 2.75) is 32.9 Å². The van der Waals surface area contributed by atoms with Gasteiger partial charge >= 0.3 is 0 Å². The van der Waals surface area contributed by atoms with Crippen LogP contribution < -0.4 is 10.6 Å². The lowest BCUT2D eigenvalue weighted by molar-refractivity contribution is -0.114. The second-order valence-electron chi connectivity index (χ2n) is 6.26. The van der Waals surface area contributed by atoms with E-state index >= 15 is 0 Å². The molecule has 0 spiro atoms. The standard InChI is InChI=1S/C18H23N5O/c1-13-7-9-19-18(20-13)22-17-8-10-23(12-17)11-15-3-5-16(6-4-15)21-14(2)24/h3-7,9,17H,8,10-12H2,1-2H3,(H,21,24)(H,19,20,22). The topological polar surface area (TPSA) is 70.2 Å². The summed E-state index contributed by atoms with van der Waals surface area (Å²) in [5, 5.41) is 6.20. The number of benzene rings is 1. The predicted octanol–water partition coefficient (Wildman–Crippen LogP) is 2.43. The molecule has 1 aliphatic heterocycles. The van der Waals surface area contributed by atoms with Gasteiger partial charge in [-0.05, 0) is 37.1 Å². The van der Waals surface area contributed by atoms with Crippen molar-refractivity contribution in [3.63, 3.8) is 0 Å². The Morgan fingerprint density at radius 2 is 2.08 bits per heavy atom. The Morgan fingerprint density at radius 1 is 1.29 bits per heavy atom. The first kappa shape index (κ1) is 16.4. The van der Waals surface area contributed by atoms with Gasteiger partial charge in [0.2, 0.25) is 11.9 Å². The molecule has 1 unspecified atom stereocenters. The Morgan fingerprint density at radius 3 is 2.79 bits per heavy atom. The van der Waals surface area contributed by atoms with Gasteiger partial charge in [-0.1, -0.05) is 12.1 Å². The molecule has 2 N–H and O–H groups in total. The second-order valence-corrected chi connectivity index (χ2v) is 6.26. The van der Waals surface area contributed by atoms with Crippen molar-refractivity contribution in [2.75, 3.05) is 23.7 Å². The molecular weight excluding hydrogens is 302 g/mol. The third kappa shape index (κ3) is 4.52. The summed E-state index contributed by atoms with van der Waals surface area (Å²) in [6.45, 7) is 6.43. The summed E-state index contributed by atoms with van der Waals surface area (Å²) >= 11 is 0. The highest BCUT2D eigenvalue weighted by Gasteiger charge is 2.22. The van der Waals surface area contributed by atoms with Crippen molar-refractivity contribution in [2.24, 2.45) is 0 Å². The third-order valence-corrected chi connectivity index (χ3v) is 4.08. The largest absolute Gasteiger partial charge is 0.350 e. The zero-order chi connectivity index (χ0) is 16.9. The number of hydrogen-bond acceptors (Lipinski definition) is 5. The minimum atomic E-state index is -0.0467. The summed E-state index contributed by atoms with van der Waals surface area (Å²) in [4.78, 5) is 22.1. The van der Waals surface area contributed by atoms with Crippen molar-refractivity contribution < 1.29 is 4.79 Å². The van der Waals surface area contributed by atoms with Crippen molar-refractivity contribution in [3.8, 4) is 0 Å². The van der Waals surface area contributed by atoms with Crippen LogP contribution in [0.4, 0.5) is 11.6 Å². The van der Waals surface area contributed by atoms with E-state index in [4.69, 9.17) is 0 Å². The van der Waals surface area contributed by atoms with Crippen molar-refractivity contribution in [1.82, 2.24) is 14.9 Å². The molecule has 6 heteroatoms. The molecular formula is C18H23N5O. The molecule has 1 saturated heterocycles. The van der Waals surface area contributed by atoms with E-state index in [1.54, 1.807) is 6.20 Å². The highest BCUT2D eigenvalue weighted by atomic mass is 16.1. The maximum absolute atomic E-state index is 11.0. The molecule has 2 aromatic rings. The van der Waals surface area contributed by atoms with Gasteiger partial charge in [0.25, 0.3) is 0 Å². The van der Waals surface area contributed by atoms with Gasteiger partial charge in [-0.15, -0.1) is 0 Å². The molecule has 24 heavy (non-hydrogen) atoms. The van der Waals surface area contributed by atoms with E-state index in [1.807, 2.05) is 25.1 Å². The maximum atomic E-state index is 11.0. The predicted molar refractivity (Wildman–Crippen MR) is 94.8 cm³/mol. The van der Waals surface area contributed by atoms with E-state index < -0.39 is 0 Å². The van der Waals surface area contributed by atoms with Crippen LogP contribution in [0.15, 0.2) is 36.5 Å². The molecule has 1 atom stereocenters. The second kappa shape index (κ2) is 7.40. The molecule has 1 amide bonds. The fraction of sp³-hybridized carbons (Fsp3) is 0.389. The normalized spacial score (nSPS) is 17.7. The number of nitrogens with zero attached hydrogens (tertiary/aromatic N) is 3. The van der Waals surface area contributed by atoms with Crippen LogP contribution in [0.25, 0.3) is 0 Å². The lowest BCUT2D eigenvalue weighted by Gasteiger charge is -2.17. The number of aromatic nitrogens is 2. The summed E-state index contributed by atoms with van der Waals surface area (Å²) in [5.41, 5.74) is 3.06. The number of aryl methyl sites for hydroxylation is 1. The summed E-state index contributed by atoms with van der Waals surface area (Å²) in [7, 11) is 0. The summed E-state index contributed by atoms with van der Waals surface area (Å²) < 4.78 is 0. The molecule has 1 aliphatic rings. The quantitative estimate of drug-likeness (QED) is 0.883. The van der Waals surface area contributed by atoms with Crippen molar-refractivity contribution in [3.05, 3.63) is 47.8 Å². The smallest absolute Gasteiger partial charge is 0.223 e. The fourth-order valence-corrected chi connectivity index (χ4v) is 2.95. The molecule has 1 fully saturated rings. The Labute approximate surface area is 142 Å². The molecule has 0 radical (unpaired) electrons. The first-order valence-electron chi connectivity index (χ1n) is 8.23. The number of likely N-dealkylation sites (tertiary alicyclic amines) is 1. The van der Waals surface area contributed by atoms with E-state index in [0.717, 1.165) is 37.4 Å². The Bertz CT molecular complexity index is 701. The van der Waals surface area contributed by atoms with Gasteiger partial charge in [0.1, 0.15) is 0 Å². The lowest BCUT2D eigenvalue weighted by atomic mass is 10.2. The van der Waals surface area contributed by atoms with Crippen LogP contribution in [0.3, 0.4) is 0 Å². The van der Waals surface area contributed by atoms with E-state index in [-0.39, 0.29) is 5.91 Å². The van der Waals surface area contributed by atoms with Crippen LogP contribution in [0.5, 0.6) is 0 Å². The number of nitrogens with one attached hydrogen (secondary N) is 2. The Balaban J connectivity index is 1.51. The van der Waals surface area contributed by atoms with Gasteiger partial charge in [-0.3, -0.25) is 9.69 Å². The van der Waals surface area contributed by atoms with E-state index in [0.29, 0.717) is 12.0 Å². The van der Waals surface area contributed by atoms with Crippen molar-refractivity contribution >= 4 is 17.5 Å². The summed E-state index contributed by atoms with van der Waals surface area (Å²) in [6.07, 6.45) is 2.87.